The molecular weight excluding hydrogens is 374 g/mol. The number of thiazole rings is 1. The van der Waals surface area contributed by atoms with Gasteiger partial charge < -0.3 is 15.0 Å². The van der Waals surface area contributed by atoms with Gasteiger partial charge in [0.15, 0.2) is 0 Å². The molecular formula is C21H25N3O3S. The van der Waals surface area contributed by atoms with Gasteiger partial charge in [0.25, 0.3) is 11.8 Å². The van der Waals surface area contributed by atoms with Crippen molar-refractivity contribution in [2.45, 2.75) is 50.6 Å². The normalized spacial score (nSPS) is 23.3. The summed E-state index contributed by atoms with van der Waals surface area (Å²) in [6, 6.07) is 7.32. The molecule has 7 heteroatoms. The Kier molecular flexibility index (Phi) is 5.90. The van der Waals surface area contributed by atoms with E-state index in [-0.39, 0.29) is 23.9 Å². The molecule has 148 valence electrons. The summed E-state index contributed by atoms with van der Waals surface area (Å²) in [7, 11) is 0. The standard InChI is InChI=1S/C21H25N3O3S/c25-20-15-7-3-4-10-19(15)27-12-5-1-2-9-18-16(23-20)8-6-11-24(18)21(26)17-13-28-14-22-17/h3-4,7,10,13-14,16,18H,1-2,5-6,8-9,11-12H2,(H,23,25)/t16-,18-/m0/s1. The second-order valence-electron chi connectivity index (χ2n) is 7.36. The van der Waals surface area contributed by atoms with Crippen molar-refractivity contribution in [2.24, 2.45) is 0 Å². The fourth-order valence-electron chi connectivity index (χ4n) is 4.14. The zero-order valence-corrected chi connectivity index (χ0v) is 16.6. The molecule has 0 unspecified atom stereocenters. The Morgan fingerprint density at radius 1 is 1.18 bits per heavy atom. The SMILES string of the molecule is O=C1N[C@H]2CCCN(C(=O)c3cscn3)[C@H]2CCCCCOc2ccccc21. The van der Waals surface area contributed by atoms with Crippen molar-refractivity contribution in [3.8, 4) is 5.75 Å². The third-order valence-corrected chi connectivity index (χ3v) is 6.13. The minimum Gasteiger partial charge on any atom is -0.493 e. The van der Waals surface area contributed by atoms with E-state index in [0.717, 1.165) is 38.5 Å². The Morgan fingerprint density at radius 2 is 2.07 bits per heavy atom. The molecule has 2 aliphatic rings. The van der Waals surface area contributed by atoms with Crippen LogP contribution in [0.1, 0.15) is 59.4 Å². The lowest BCUT2D eigenvalue weighted by Gasteiger charge is -2.41. The van der Waals surface area contributed by atoms with Crippen LogP contribution >= 0.6 is 11.3 Å². The van der Waals surface area contributed by atoms with E-state index in [0.29, 0.717) is 30.2 Å². The molecule has 2 amide bonds. The van der Waals surface area contributed by atoms with Gasteiger partial charge in [-0.25, -0.2) is 4.98 Å². The number of piperidine rings is 1. The van der Waals surface area contributed by atoms with E-state index < -0.39 is 0 Å². The van der Waals surface area contributed by atoms with Gasteiger partial charge in [-0.2, -0.15) is 0 Å². The number of carbonyl (C=O) groups excluding carboxylic acids is 2. The maximum absolute atomic E-state index is 13.0. The van der Waals surface area contributed by atoms with Gasteiger partial charge in [0.2, 0.25) is 0 Å². The highest BCUT2D eigenvalue weighted by molar-refractivity contribution is 7.07. The summed E-state index contributed by atoms with van der Waals surface area (Å²) in [6.07, 6.45) is 5.60. The van der Waals surface area contributed by atoms with E-state index in [9.17, 15) is 9.59 Å². The first-order valence-electron chi connectivity index (χ1n) is 9.96. The van der Waals surface area contributed by atoms with Crippen LogP contribution in [0.3, 0.4) is 0 Å². The van der Waals surface area contributed by atoms with Crippen molar-refractivity contribution in [3.05, 3.63) is 46.4 Å². The minimum atomic E-state index is -0.130. The highest BCUT2D eigenvalue weighted by atomic mass is 32.1. The summed E-state index contributed by atoms with van der Waals surface area (Å²) in [6.45, 7) is 1.31. The molecule has 1 saturated heterocycles. The quantitative estimate of drug-likeness (QED) is 0.797. The lowest BCUT2D eigenvalue weighted by molar-refractivity contribution is 0.0500. The number of benzene rings is 1. The van der Waals surface area contributed by atoms with Crippen LogP contribution in [-0.2, 0) is 0 Å². The van der Waals surface area contributed by atoms with Gasteiger partial charge in [-0.3, -0.25) is 9.59 Å². The van der Waals surface area contributed by atoms with E-state index in [1.165, 1.54) is 11.3 Å². The van der Waals surface area contributed by atoms with Crippen molar-refractivity contribution in [3.63, 3.8) is 0 Å². The van der Waals surface area contributed by atoms with Crippen LogP contribution in [0, 0.1) is 0 Å². The van der Waals surface area contributed by atoms with Crippen LogP contribution < -0.4 is 10.1 Å². The first-order valence-corrected chi connectivity index (χ1v) is 10.9. The molecule has 2 aromatic rings. The molecule has 1 aromatic heterocycles. The number of nitrogens with one attached hydrogen (secondary N) is 1. The van der Waals surface area contributed by atoms with Gasteiger partial charge in [0.1, 0.15) is 11.4 Å². The van der Waals surface area contributed by atoms with Crippen LogP contribution in [0.2, 0.25) is 0 Å². The third kappa shape index (κ3) is 4.04. The molecule has 2 atom stereocenters. The fourth-order valence-corrected chi connectivity index (χ4v) is 4.67. The second-order valence-corrected chi connectivity index (χ2v) is 8.07. The number of nitrogens with zero attached hydrogens (tertiary/aromatic N) is 2. The van der Waals surface area contributed by atoms with E-state index >= 15 is 0 Å². The molecule has 0 spiro atoms. The number of amides is 2. The number of rotatable bonds is 1. The number of hydrogen-bond donors (Lipinski definition) is 1. The Labute approximate surface area is 168 Å². The highest BCUT2D eigenvalue weighted by Gasteiger charge is 2.36. The summed E-state index contributed by atoms with van der Waals surface area (Å²) in [4.78, 5) is 32.1. The lowest BCUT2D eigenvalue weighted by atomic mass is 9.91. The smallest absolute Gasteiger partial charge is 0.273 e. The van der Waals surface area contributed by atoms with Gasteiger partial charge >= 0.3 is 0 Å². The molecule has 0 aliphatic carbocycles. The zero-order valence-electron chi connectivity index (χ0n) is 15.8. The second kappa shape index (κ2) is 8.73. The van der Waals surface area contributed by atoms with Crippen molar-refractivity contribution >= 4 is 23.2 Å². The molecule has 1 fully saturated rings. The highest BCUT2D eigenvalue weighted by Crippen LogP contribution is 2.27. The molecule has 28 heavy (non-hydrogen) atoms. The van der Waals surface area contributed by atoms with Crippen molar-refractivity contribution in [1.29, 1.82) is 0 Å². The van der Waals surface area contributed by atoms with E-state index in [1.54, 1.807) is 17.0 Å². The monoisotopic (exact) mass is 399 g/mol. The summed E-state index contributed by atoms with van der Waals surface area (Å²) in [5, 5.41) is 4.99. The van der Waals surface area contributed by atoms with E-state index in [1.807, 2.05) is 23.1 Å². The first kappa shape index (κ1) is 18.9. The maximum atomic E-state index is 13.0. The maximum Gasteiger partial charge on any atom is 0.273 e. The Hall–Kier alpha value is -2.41. The van der Waals surface area contributed by atoms with Gasteiger partial charge in [-0.15, -0.1) is 11.3 Å². The van der Waals surface area contributed by atoms with Crippen molar-refractivity contribution in [2.75, 3.05) is 13.2 Å². The first-order chi connectivity index (χ1) is 13.7. The largest absolute Gasteiger partial charge is 0.493 e. The Bertz CT molecular complexity index is 824. The minimum absolute atomic E-state index is 0.000549. The Balaban J connectivity index is 1.60. The predicted molar refractivity (Wildman–Crippen MR) is 108 cm³/mol. The molecule has 3 heterocycles. The van der Waals surface area contributed by atoms with Crippen molar-refractivity contribution in [1.82, 2.24) is 15.2 Å². The van der Waals surface area contributed by atoms with E-state index in [2.05, 4.69) is 10.3 Å². The lowest BCUT2D eigenvalue weighted by Crippen LogP contribution is -2.57. The molecule has 6 nitrogen and oxygen atoms in total. The zero-order chi connectivity index (χ0) is 19.3. The number of ether oxygens (including phenoxy) is 1. The number of aromatic nitrogens is 1. The molecule has 4 rings (SSSR count). The molecule has 0 bridgehead atoms. The summed E-state index contributed by atoms with van der Waals surface area (Å²) in [5.41, 5.74) is 2.75. The molecule has 2 aliphatic heterocycles. The summed E-state index contributed by atoms with van der Waals surface area (Å²) in [5.74, 6) is 0.471. The number of para-hydroxylation sites is 1. The van der Waals surface area contributed by atoms with Crippen LogP contribution in [-0.4, -0.2) is 46.9 Å². The number of fused-ring (bicyclic) bond motifs is 2. The van der Waals surface area contributed by atoms with Crippen LogP contribution in [0.15, 0.2) is 35.2 Å². The van der Waals surface area contributed by atoms with Gasteiger partial charge in [-0.1, -0.05) is 18.6 Å². The van der Waals surface area contributed by atoms with Gasteiger partial charge in [0, 0.05) is 18.0 Å². The third-order valence-electron chi connectivity index (χ3n) is 5.54. The average molecular weight is 400 g/mol. The van der Waals surface area contributed by atoms with Gasteiger partial charge in [0.05, 0.1) is 23.7 Å². The van der Waals surface area contributed by atoms with Crippen LogP contribution in [0.4, 0.5) is 0 Å². The van der Waals surface area contributed by atoms with Crippen LogP contribution in [0.5, 0.6) is 5.75 Å². The number of likely N-dealkylation sites (tertiary alicyclic amines) is 1. The molecule has 0 radical (unpaired) electrons. The average Bonchev–Trinajstić information content (AvgIpc) is 3.25. The summed E-state index contributed by atoms with van der Waals surface area (Å²) >= 11 is 1.43. The van der Waals surface area contributed by atoms with Gasteiger partial charge in [-0.05, 0) is 44.2 Å². The molecule has 0 saturated carbocycles. The van der Waals surface area contributed by atoms with Crippen molar-refractivity contribution < 1.29 is 14.3 Å². The molecule has 1 N–H and O–H groups in total. The Morgan fingerprint density at radius 3 is 2.93 bits per heavy atom. The topological polar surface area (TPSA) is 71.5 Å². The summed E-state index contributed by atoms with van der Waals surface area (Å²) < 4.78 is 5.84. The van der Waals surface area contributed by atoms with Crippen LogP contribution in [0.25, 0.3) is 0 Å². The number of hydrogen-bond acceptors (Lipinski definition) is 5. The fraction of sp³-hybridized carbons (Fsp3) is 0.476. The van der Waals surface area contributed by atoms with E-state index in [4.69, 9.17) is 4.74 Å². The molecule has 1 aromatic carbocycles. The number of carbonyl (C=O) groups is 2. The predicted octanol–water partition coefficient (Wildman–Crippen LogP) is 3.50.